The van der Waals surface area contributed by atoms with Crippen LogP contribution in [0.15, 0.2) is 12.1 Å². The number of rotatable bonds is 2. The molecule has 1 aliphatic rings. The molecule has 0 fully saturated rings. The van der Waals surface area contributed by atoms with Crippen molar-refractivity contribution >= 4 is 11.8 Å². The number of carboxylic acids is 1. The van der Waals surface area contributed by atoms with Gasteiger partial charge in [0.2, 0.25) is 0 Å². The van der Waals surface area contributed by atoms with Crippen LogP contribution in [0.2, 0.25) is 0 Å². The van der Waals surface area contributed by atoms with E-state index in [-0.39, 0.29) is 6.42 Å². The van der Waals surface area contributed by atoms with Crippen LogP contribution in [0.5, 0.6) is 5.75 Å². The highest BCUT2D eigenvalue weighted by Crippen LogP contribution is 2.24. The highest BCUT2D eigenvalue weighted by Gasteiger charge is 2.10. The topological polar surface area (TPSA) is 71.5 Å². The Bertz CT molecular complexity index is 488. The summed E-state index contributed by atoms with van der Waals surface area (Å²) in [7, 11) is 0. The fourth-order valence-corrected chi connectivity index (χ4v) is 1.41. The summed E-state index contributed by atoms with van der Waals surface area (Å²) in [5.74, 6) is 6.19. The Labute approximate surface area is 98.8 Å². The van der Waals surface area contributed by atoms with E-state index in [0.717, 1.165) is 12.3 Å². The van der Waals surface area contributed by atoms with Crippen molar-refractivity contribution in [3.05, 3.63) is 17.8 Å². The highest BCUT2D eigenvalue weighted by molar-refractivity contribution is 5.67. The maximum absolute atomic E-state index is 10.3. The van der Waals surface area contributed by atoms with Crippen LogP contribution in [-0.4, -0.2) is 29.2 Å². The largest absolute Gasteiger partial charge is 0.488 e. The normalized spacial score (nSPS) is 12.5. The monoisotopic (exact) mass is 232 g/mol. The quantitative estimate of drug-likeness (QED) is 0.747. The standard InChI is InChI=1S/C12H12N2O3/c15-11(16)4-2-1-3-9-5-6-10-12(14-9)13-7-8-17-10/h5-6H,2,4,7-8H2,(H,13,14)(H,15,16). The second kappa shape index (κ2) is 5.21. The molecule has 0 saturated heterocycles. The Morgan fingerprint density at radius 1 is 1.59 bits per heavy atom. The van der Waals surface area contributed by atoms with Crippen molar-refractivity contribution < 1.29 is 14.6 Å². The second-order valence-corrected chi connectivity index (χ2v) is 3.51. The average Bonchev–Trinajstić information content (AvgIpc) is 2.34. The number of hydrogen-bond donors (Lipinski definition) is 2. The predicted molar refractivity (Wildman–Crippen MR) is 62.0 cm³/mol. The Morgan fingerprint density at radius 2 is 2.47 bits per heavy atom. The summed E-state index contributed by atoms with van der Waals surface area (Å²) in [6.07, 6.45) is 0.386. The molecule has 5 heteroatoms. The second-order valence-electron chi connectivity index (χ2n) is 3.51. The molecule has 88 valence electrons. The summed E-state index contributed by atoms with van der Waals surface area (Å²) < 4.78 is 5.38. The number of nitrogens with one attached hydrogen (secondary N) is 1. The van der Waals surface area contributed by atoms with Gasteiger partial charge in [0.15, 0.2) is 11.6 Å². The van der Waals surface area contributed by atoms with Crippen molar-refractivity contribution in [3.8, 4) is 17.6 Å². The molecule has 2 rings (SSSR count). The Morgan fingerprint density at radius 3 is 3.29 bits per heavy atom. The lowest BCUT2D eigenvalue weighted by Gasteiger charge is -2.17. The van der Waals surface area contributed by atoms with Gasteiger partial charge in [0.05, 0.1) is 13.0 Å². The van der Waals surface area contributed by atoms with E-state index >= 15 is 0 Å². The Kier molecular flexibility index (Phi) is 3.46. The number of aliphatic carboxylic acids is 1. The van der Waals surface area contributed by atoms with E-state index < -0.39 is 5.97 Å². The summed E-state index contributed by atoms with van der Waals surface area (Å²) in [4.78, 5) is 14.6. The van der Waals surface area contributed by atoms with Gasteiger partial charge in [0.1, 0.15) is 12.3 Å². The zero-order valence-corrected chi connectivity index (χ0v) is 9.19. The van der Waals surface area contributed by atoms with Crippen LogP contribution in [0.4, 0.5) is 5.82 Å². The number of anilines is 1. The molecule has 0 amide bonds. The lowest BCUT2D eigenvalue weighted by Crippen LogP contribution is -2.19. The van der Waals surface area contributed by atoms with E-state index in [2.05, 4.69) is 22.1 Å². The molecule has 0 aliphatic carbocycles. The molecule has 1 aromatic heterocycles. The third kappa shape index (κ3) is 3.11. The SMILES string of the molecule is O=C(O)CCC#Cc1ccc2c(n1)NCCO2. The van der Waals surface area contributed by atoms with Gasteiger partial charge in [-0.25, -0.2) is 4.98 Å². The summed E-state index contributed by atoms with van der Waals surface area (Å²) in [5.41, 5.74) is 0.618. The molecule has 5 nitrogen and oxygen atoms in total. The molecule has 17 heavy (non-hydrogen) atoms. The zero-order chi connectivity index (χ0) is 12.1. The number of ether oxygens (including phenoxy) is 1. The van der Waals surface area contributed by atoms with Gasteiger partial charge < -0.3 is 15.2 Å². The minimum Gasteiger partial charge on any atom is -0.488 e. The minimum absolute atomic E-state index is 0.0549. The lowest BCUT2D eigenvalue weighted by molar-refractivity contribution is -0.136. The Hall–Kier alpha value is -2.22. The number of carbonyl (C=O) groups is 1. The van der Waals surface area contributed by atoms with E-state index in [1.807, 2.05) is 6.07 Å². The molecule has 2 heterocycles. The van der Waals surface area contributed by atoms with Crippen molar-refractivity contribution in [2.45, 2.75) is 12.8 Å². The van der Waals surface area contributed by atoms with Gasteiger partial charge in [-0.3, -0.25) is 4.79 Å². The van der Waals surface area contributed by atoms with Gasteiger partial charge in [-0.15, -0.1) is 0 Å². The van der Waals surface area contributed by atoms with E-state index in [0.29, 0.717) is 24.5 Å². The minimum atomic E-state index is -0.840. The van der Waals surface area contributed by atoms with Crippen molar-refractivity contribution in [1.82, 2.24) is 4.98 Å². The van der Waals surface area contributed by atoms with Crippen molar-refractivity contribution in [2.24, 2.45) is 0 Å². The number of hydrogen-bond acceptors (Lipinski definition) is 4. The number of fused-ring (bicyclic) bond motifs is 1. The van der Waals surface area contributed by atoms with Gasteiger partial charge in [0.25, 0.3) is 0 Å². The fraction of sp³-hybridized carbons (Fsp3) is 0.333. The van der Waals surface area contributed by atoms with Gasteiger partial charge in [0, 0.05) is 6.42 Å². The predicted octanol–water partition coefficient (Wildman–Crippen LogP) is 1.10. The van der Waals surface area contributed by atoms with Crippen LogP contribution in [-0.2, 0) is 4.79 Å². The van der Waals surface area contributed by atoms with Crippen LogP contribution in [0.3, 0.4) is 0 Å². The molecular weight excluding hydrogens is 220 g/mol. The van der Waals surface area contributed by atoms with Gasteiger partial charge in [-0.1, -0.05) is 5.92 Å². The first-order chi connectivity index (χ1) is 8.25. The molecule has 1 aliphatic heterocycles. The Balaban J connectivity index is 2.04. The summed E-state index contributed by atoms with van der Waals surface area (Å²) in [6, 6.07) is 3.58. The summed E-state index contributed by atoms with van der Waals surface area (Å²) in [5, 5.41) is 11.6. The summed E-state index contributed by atoms with van der Waals surface area (Å²) >= 11 is 0. The van der Waals surface area contributed by atoms with Gasteiger partial charge in [-0.2, -0.15) is 0 Å². The fourth-order valence-electron chi connectivity index (χ4n) is 1.41. The van der Waals surface area contributed by atoms with Crippen LogP contribution in [0.25, 0.3) is 0 Å². The molecule has 1 aromatic rings. The van der Waals surface area contributed by atoms with Crippen molar-refractivity contribution in [1.29, 1.82) is 0 Å². The molecule has 0 spiro atoms. The maximum atomic E-state index is 10.3. The average molecular weight is 232 g/mol. The molecule has 0 unspecified atom stereocenters. The molecule has 2 N–H and O–H groups in total. The molecule has 0 saturated carbocycles. The first kappa shape index (κ1) is 11.3. The molecule has 0 atom stereocenters. The van der Waals surface area contributed by atoms with E-state index in [1.165, 1.54) is 0 Å². The number of nitrogens with zero attached hydrogens (tertiary/aromatic N) is 1. The molecule has 0 aromatic carbocycles. The molecular formula is C12H12N2O3. The zero-order valence-electron chi connectivity index (χ0n) is 9.19. The van der Waals surface area contributed by atoms with E-state index in [9.17, 15) is 4.79 Å². The van der Waals surface area contributed by atoms with E-state index in [4.69, 9.17) is 9.84 Å². The highest BCUT2D eigenvalue weighted by atomic mass is 16.5. The maximum Gasteiger partial charge on any atom is 0.304 e. The van der Waals surface area contributed by atoms with Crippen LogP contribution in [0.1, 0.15) is 18.5 Å². The van der Waals surface area contributed by atoms with Gasteiger partial charge >= 0.3 is 5.97 Å². The third-order valence-electron chi connectivity index (χ3n) is 2.19. The van der Waals surface area contributed by atoms with Crippen molar-refractivity contribution in [3.63, 3.8) is 0 Å². The first-order valence-corrected chi connectivity index (χ1v) is 5.34. The summed E-state index contributed by atoms with van der Waals surface area (Å²) in [6.45, 7) is 1.37. The smallest absolute Gasteiger partial charge is 0.304 e. The van der Waals surface area contributed by atoms with Crippen LogP contribution < -0.4 is 10.1 Å². The van der Waals surface area contributed by atoms with Crippen LogP contribution >= 0.6 is 0 Å². The lowest BCUT2D eigenvalue weighted by atomic mass is 10.2. The van der Waals surface area contributed by atoms with Crippen LogP contribution in [0, 0.1) is 11.8 Å². The molecule has 0 radical (unpaired) electrons. The van der Waals surface area contributed by atoms with Gasteiger partial charge in [-0.05, 0) is 18.1 Å². The van der Waals surface area contributed by atoms with Crippen molar-refractivity contribution in [2.75, 3.05) is 18.5 Å². The third-order valence-corrected chi connectivity index (χ3v) is 2.19. The first-order valence-electron chi connectivity index (χ1n) is 5.34. The number of carboxylic acid groups (broad SMARTS) is 1. The van der Waals surface area contributed by atoms with E-state index in [1.54, 1.807) is 6.07 Å². The number of aromatic nitrogens is 1. The molecule has 0 bridgehead atoms. The number of pyridine rings is 1.